The molecule has 1 aromatic carbocycles. The standard InChI is InChI=1S/C16H20F3NO4/c1-4-9(2)12(15(23)24-3)20-14(22)13(21)10-5-7-11(8-6-10)16(17,18)19/h5-9,12-13,21H,4H2,1-3H3,(H,20,22)/t9-,12-,13+/m1/s1. The van der Waals surface area contributed by atoms with Gasteiger partial charge >= 0.3 is 12.1 Å². The fourth-order valence-electron chi connectivity index (χ4n) is 2.03. The van der Waals surface area contributed by atoms with Crippen LogP contribution in [0.4, 0.5) is 13.2 Å². The van der Waals surface area contributed by atoms with Crippen molar-refractivity contribution in [1.29, 1.82) is 0 Å². The average Bonchev–Trinajstić information content (AvgIpc) is 2.56. The predicted molar refractivity (Wildman–Crippen MR) is 79.8 cm³/mol. The molecule has 0 aliphatic rings. The molecule has 0 saturated carbocycles. The van der Waals surface area contributed by atoms with E-state index in [1.807, 2.05) is 6.92 Å². The van der Waals surface area contributed by atoms with Gasteiger partial charge in [-0.3, -0.25) is 4.79 Å². The average molecular weight is 347 g/mol. The smallest absolute Gasteiger partial charge is 0.416 e. The number of methoxy groups -OCH3 is 1. The zero-order chi connectivity index (χ0) is 18.5. The first-order chi connectivity index (χ1) is 11.1. The molecule has 0 aromatic heterocycles. The lowest BCUT2D eigenvalue weighted by molar-refractivity contribution is -0.148. The van der Waals surface area contributed by atoms with Crippen molar-refractivity contribution in [3.05, 3.63) is 35.4 Å². The van der Waals surface area contributed by atoms with Gasteiger partial charge in [0.1, 0.15) is 6.04 Å². The molecule has 1 amide bonds. The number of alkyl halides is 3. The first-order valence-electron chi connectivity index (χ1n) is 7.35. The zero-order valence-electron chi connectivity index (χ0n) is 13.6. The van der Waals surface area contributed by atoms with Crippen molar-refractivity contribution in [3.63, 3.8) is 0 Å². The van der Waals surface area contributed by atoms with E-state index in [-0.39, 0.29) is 11.5 Å². The maximum absolute atomic E-state index is 12.5. The summed E-state index contributed by atoms with van der Waals surface area (Å²) in [5, 5.41) is 12.4. The maximum Gasteiger partial charge on any atom is 0.416 e. The number of ether oxygens (including phenoxy) is 1. The molecular weight excluding hydrogens is 327 g/mol. The molecule has 0 radical (unpaired) electrons. The monoisotopic (exact) mass is 347 g/mol. The molecule has 5 nitrogen and oxygen atoms in total. The molecule has 0 saturated heterocycles. The highest BCUT2D eigenvalue weighted by Gasteiger charge is 2.32. The van der Waals surface area contributed by atoms with E-state index < -0.39 is 35.8 Å². The lowest BCUT2D eigenvalue weighted by Gasteiger charge is -2.23. The summed E-state index contributed by atoms with van der Waals surface area (Å²) in [5.41, 5.74) is -0.890. The fraction of sp³-hybridized carbons (Fsp3) is 0.500. The highest BCUT2D eigenvalue weighted by atomic mass is 19.4. The molecule has 0 fully saturated rings. The molecule has 3 atom stereocenters. The van der Waals surface area contributed by atoms with Crippen LogP contribution in [0.5, 0.6) is 0 Å². The summed E-state index contributed by atoms with van der Waals surface area (Å²) in [6, 6.07) is 2.64. The second kappa shape index (κ2) is 8.14. The third-order valence-corrected chi connectivity index (χ3v) is 3.77. The molecule has 2 N–H and O–H groups in total. The van der Waals surface area contributed by atoms with E-state index in [1.54, 1.807) is 6.92 Å². The summed E-state index contributed by atoms with van der Waals surface area (Å²) >= 11 is 0. The minimum absolute atomic E-state index is 0.00623. The summed E-state index contributed by atoms with van der Waals surface area (Å²) in [6.07, 6.45) is -5.61. The van der Waals surface area contributed by atoms with Crippen LogP contribution in [0.1, 0.15) is 37.5 Å². The number of aliphatic hydroxyl groups excluding tert-OH is 1. The number of halogens is 3. The van der Waals surface area contributed by atoms with E-state index >= 15 is 0 Å². The summed E-state index contributed by atoms with van der Waals surface area (Å²) in [7, 11) is 1.18. The van der Waals surface area contributed by atoms with Crippen molar-refractivity contribution in [2.45, 2.75) is 38.6 Å². The summed E-state index contributed by atoms with van der Waals surface area (Å²) in [4.78, 5) is 23.8. The normalized spacial score (nSPS) is 15.3. The van der Waals surface area contributed by atoms with Crippen molar-refractivity contribution in [2.24, 2.45) is 5.92 Å². The van der Waals surface area contributed by atoms with Gasteiger partial charge in [0.2, 0.25) is 0 Å². The van der Waals surface area contributed by atoms with Gasteiger partial charge in [-0.1, -0.05) is 32.4 Å². The van der Waals surface area contributed by atoms with Crippen LogP contribution in [0.3, 0.4) is 0 Å². The van der Waals surface area contributed by atoms with Gasteiger partial charge in [-0.25, -0.2) is 4.79 Å². The number of carbonyl (C=O) groups is 2. The Morgan fingerprint density at radius 2 is 1.79 bits per heavy atom. The number of amides is 1. The van der Waals surface area contributed by atoms with E-state index in [4.69, 9.17) is 0 Å². The van der Waals surface area contributed by atoms with E-state index in [0.29, 0.717) is 6.42 Å². The second-order valence-corrected chi connectivity index (χ2v) is 5.42. The Bertz CT molecular complexity index is 572. The summed E-state index contributed by atoms with van der Waals surface area (Å²) < 4.78 is 42.2. The molecule has 0 heterocycles. The number of nitrogens with one attached hydrogen (secondary N) is 1. The molecule has 0 bridgehead atoms. The van der Waals surface area contributed by atoms with Crippen molar-refractivity contribution < 1.29 is 32.6 Å². The number of benzene rings is 1. The number of carbonyl (C=O) groups excluding carboxylic acids is 2. The highest BCUT2D eigenvalue weighted by Crippen LogP contribution is 2.30. The predicted octanol–water partition coefficient (Wildman–Crippen LogP) is 2.44. The molecule has 1 rings (SSSR count). The van der Waals surface area contributed by atoms with Crippen LogP contribution in [0, 0.1) is 5.92 Å². The second-order valence-electron chi connectivity index (χ2n) is 5.42. The Hall–Kier alpha value is -2.09. The quantitative estimate of drug-likeness (QED) is 0.775. The third kappa shape index (κ3) is 4.95. The Kier molecular flexibility index (Phi) is 6.77. The van der Waals surface area contributed by atoms with Crippen molar-refractivity contribution in [1.82, 2.24) is 5.32 Å². The number of hydrogen-bond acceptors (Lipinski definition) is 4. The minimum atomic E-state index is -4.50. The van der Waals surface area contributed by atoms with Gasteiger partial charge in [-0.2, -0.15) is 13.2 Å². The lowest BCUT2D eigenvalue weighted by atomic mass is 9.98. The highest BCUT2D eigenvalue weighted by molar-refractivity contribution is 5.87. The van der Waals surface area contributed by atoms with E-state index in [1.165, 1.54) is 7.11 Å². The molecule has 0 aliphatic heterocycles. The van der Waals surface area contributed by atoms with Gasteiger partial charge in [0.15, 0.2) is 6.10 Å². The van der Waals surface area contributed by atoms with Crippen molar-refractivity contribution in [3.8, 4) is 0 Å². The zero-order valence-corrected chi connectivity index (χ0v) is 13.6. The lowest BCUT2D eigenvalue weighted by Crippen LogP contribution is -2.47. The van der Waals surface area contributed by atoms with Gasteiger partial charge in [0, 0.05) is 0 Å². The van der Waals surface area contributed by atoms with E-state index in [0.717, 1.165) is 24.3 Å². The Labute approximate surface area is 137 Å². The van der Waals surface area contributed by atoms with Crippen molar-refractivity contribution >= 4 is 11.9 Å². The van der Waals surface area contributed by atoms with Crippen LogP contribution in [0.25, 0.3) is 0 Å². The van der Waals surface area contributed by atoms with Gasteiger partial charge in [0.25, 0.3) is 5.91 Å². The molecule has 134 valence electrons. The van der Waals surface area contributed by atoms with Gasteiger partial charge in [0.05, 0.1) is 12.7 Å². The molecule has 0 aliphatic carbocycles. The topological polar surface area (TPSA) is 75.6 Å². The Balaban J connectivity index is 2.88. The Morgan fingerprint density at radius 3 is 2.21 bits per heavy atom. The van der Waals surface area contributed by atoms with Crippen LogP contribution in [0.15, 0.2) is 24.3 Å². The molecule has 0 spiro atoms. The first-order valence-corrected chi connectivity index (χ1v) is 7.35. The van der Waals surface area contributed by atoms with E-state index in [9.17, 15) is 27.9 Å². The van der Waals surface area contributed by atoms with Crippen LogP contribution in [-0.2, 0) is 20.5 Å². The minimum Gasteiger partial charge on any atom is -0.467 e. The van der Waals surface area contributed by atoms with Gasteiger partial charge in [-0.15, -0.1) is 0 Å². The van der Waals surface area contributed by atoms with Crippen LogP contribution in [-0.4, -0.2) is 30.1 Å². The van der Waals surface area contributed by atoms with Gasteiger partial charge in [-0.05, 0) is 23.6 Å². The number of rotatable bonds is 6. The van der Waals surface area contributed by atoms with Crippen molar-refractivity contribution in [2.75, 3.05) is 7.11 Å². The van der Waals surface area contributed by atoms with E-state index in [2.05, 4.69) is 10.1 Å². The molecule has 1 aromatic rings. The number of aliphatic hydroxyl groups is 1. The molecule has 0 unspecified atom stereocenters. The van der Waals surface area contributed by atoms with Crippen LogP contribution >= 0.6 is 0 Å². The first kappa shape index (κ1) is 20.0. The molecular formula is C16H20F3NO4. The number of hydrogen-bond donors (Lipinski definition) is 2. The molecule has 8 heteroatoms. The SMILES string of the molecule is CC[C@@H](C)[C@@H](NC(=O)[C@@H](O)c1ccc(C(F)(F)F)cc1)C(=O)OC. The van der Waals surface area contributed by atoms with Crippen LogP contribution < -0.4 is 5.32 Å². The Morgan fingerprint density at radius 1 is 1.25 bits per heavy atom. The largest absolute Gasteiger partial charge is 0.467 e. The summed E-state index contributed by atoms with van der Waals surface area (Å²) in [5.74, 6) is -1.77. The number of esters is 1. The van der Waals surface area contributed by atoms with Gasteiger partial charge < -0.3 is 15.2 Å². The molecule has 24 heavy (non-hydrogen) atoms. The van der Waals surface area contributed by atoms with Crippen LogP contribution in [0.2, 0.25) is 0 Å². The maximum atomic E-state index is 12.5. The summed E-state index contributed by atoms with van der Waals surface area (Å²) in [6.45, 7) is 3.55. The fourth-order valence-corrected chi connectivity index (χ4v) is 2.03. The third-order valence-electron chi connectivity index (χ3n) is 3.77.